The zero-order valence-corrected chi connectivity index (χ0v) is 19.1. The van der Waals surface area contributed by atoms with Crippen LogP contribution in [-0.4, -0.2) is 37.1 Å². The Morgan fingerprint density at radius 1 is 0.941 bits per heavy atom. The fourth-order valence-electron chi connectivity index (χ4n) is 3.00. The summed E-state index contributed by atoms with van der Waals surface area (Å²) >= 11 is 0. The van der Waals surface area contributed by atoms with E-state index in [9.17, 15) is 23.1 Å². The lowest BCUT2D eigenvalue weighted by Crippen LogP contribution is -2.35. The number of carbonyl (C=O) groups excluding carboxylic acids is 1. The molecule has 0 fully saturated rings. The number of hydrogen-bond donors (Lipinski definition) is 2. The van der Waals surface area contributed by atoms with Crippen molar-refractivity contribution in [2.75, 3.05) is 10.9 Å². The normalized spacial score (nSPS) is 11.4. The number of carboxylic acids is 1. The number of ether oxygens (including phenoxy) is 1. The molecule has 0 aliphatic rings. The van der Waals surface area contributed by atoms with Crippen molar-refractivity contribution in [1.82, 2.24) is 0 Å². The lowest BCUT2D eigenvalue weighted by molar-refractivity contribution is -0.115. The van der Waals surface area contributed by atoms with Crippen LogP contribution in [0.4, 0.5) is 17.1 Å². The Morgan fingerprint density at radius 2 is 1.53 bits per heavy atom. The van der Waals surface area contributed by atoms with Gasteiger partial charge >= 0.3 is 5.97 Å². The first-order chi connectivity index (χ1) is 16.1. The topological polar surface area (TPSA) is 146 Å². The number of nitrogens with zero attached hydrogens (tertiary/aromatic N) is 3. The number of phenols is 1. The van der Waals surface area contributed by atoms with Crippen LogP contribution < -0.4 is 9.04 Å². The van der Waals surface area contributed by atoms with Crippen LogP contribution in [0.15, 0.2) is 81.9 Å². The predicted octanol–water partition coefficient (Wildman–Crippen LogP) is 4.65. The molecule has 34 heavy (non-hydrogen) atoms. The summed E-state index contributed by atoms with van der Waals surface area (Å²) in [5.74, 6) is -1.85. The Balaban J connectivity index is 1.85. The van der Waals surface area contributed by atoms with Crippen LogP contribution in [0.3, 0.4) is 0 Å². The second-order valence-electron chi connectivity index (χ2n) is 6.92. The van der Waals surface area contributed by atoms with E-state index in [1.165, 1.54) is 48.5 Å². The van der Waals surface area contributed by atoms with Gasteiger partial charge in [0.05, 0.1) is 28.6 Å². The number of aromatic carboxylic acids is 1. The van der Waals surface area contributed by atoms with E-state index in [1.807, 2.05) is 6.92 Å². The molecule has 0 atom stereocenters. The van der Waals surface area contributed by atoms with Gasteiger partial charge in [-0.05, 0) is 73.7 Å². The van der Waals surface area contributed by atoms with Crippen LogP contribution in [0, 0.1) is 0 Å². The van der Waals surface area contributed by atoms with Crippen molar-refractivity contribution >= 4 is 39.0 Å². The SMILES string of the molecule is CCOc1ccc(N(C(C)=O)S(=O)(=O)c2ccc(N=Nc3ccc(O)c(C(=O)O)c3)cc2)cc1. The number of benzene rings is 3. The lowest BCUT2D eigenvalue weighted by atomic mass is 10.2. The Bertz CT molecular complexity index is 1340. The van der Waals surface area contributed by atoms with E-state index in [4.69, 9.17) is 9.84 Å². The summed E-state index contributed by atoms with van der Waals surface area (Å²) < 4.78 is 32.3. The number of carboxylic acid groups (broad SMARTS) is 1. The second-order valence-corrected chi connectivity index (χ2v) is 8.70. The van der Waals surface area contributed by atoms with Crippen LogP contribution in [0.5, 0.6) is 11.5 Å². The quantitative estimate of drug-likeness (QED) is 0.444. The van der Waals surface area contributed by atoms with Gasteiger partial charge in [0.1, 0.15) is 17.1 Å². The van der Waals surface area contributed by atoms with Gasteiger partial charge in [-0.15, -0.1) is 0 Å². The fourth-order valence-corrected chi connectivity index (χ4v) is 4.43. The molecule has 0 heterocycles. The van der Waals surface area contributed by atoms with E-state index in [2.05, 4.69) is 10.2 Å². The highest BCUT2D eigenvalue weighted by atomic mass is 32.2. The Hall–Kier alpha value is -4.25. The van der Waals surface area contributed by atoms with E-state index in [1.54, 1.807) is 12.1 Å². The molecule has 10 nitrogen and oxygen atoms in total. The summed E-state index contributed by atoms with van der Waals surface area (Å²) in [6, 6.07) is 15.2. The Kier molecular flexibility index (Phi) is 7.27. The number of aromatic hydroxyl groups is 1. The molecule has 0 aromatic heterocycles. The summed E-state index contributed by atoms with van der Waals surface area (Å²) in [6.45, 7) is 3.42. The molecule has 3 aromatic carbocycles. The van der Waals surface area contributed by atoms with Crippen molar-refractivity contribution in [1.29, 1.82) is 0 Å². The molecule has 3 aromatic rings. The molecular weight excluding hydrogens is 462 g/mol. The van der Waals surface area contributed by atoms with Crippen LogP contribution in [0.1, 0.15) is 24.2 Å². The Labute approximate surface area is 195 Å². The number of rotatable bonds is 8. The van der Waals surface area contributed by atoms with E-state index >= 15 is 0 Å². The molecule has 176 valence electrons. The highest BCUT2D eigenvalue weighted by molar-refractivity contribution is 7.93. The van der Waals surface area contributed by atoms with Gasteiger partial charge in [-0.3, -0.25) is 4.79 Å². The third-order valence-electron chi connectivity index (χ3n) is 4.53. The number of anilines is 1. The first-order valence-electron chi connectivity index (χ1n) is 10.0. The van der Waals surface area contributed by atoms with Crippen molar-refractivity contribution in [3.05, 3.63) is 72.3 Å². The van der Waals surface area contributed by atoms with Gasteiger partial charge in [0.15, 0.2) is 0 Å². The maximum absolute atomic E-state index is 13.1. The first-order valence-corrected chi connectivity index (χ1v) is 11.4. The molecule has 0 spiro atoms. The highest BCUT2D eigenvalue weighted by Crippen LogP contribution is 2.28. The molecule has 11 heteroatoms. The van der Waals surface area contributed by atoms with Gasteiger partial charge in [0.25, 0.3) is 10.0 Å². The standard InChI is InChI=1S/C23H21N3O7S/c1-3-33-19-9-7-18(8-10-19)26(15(2)27)34(31,32)20-11-4-16(5-12-20)24-25-17-6-13-22(28)21(14-17)23(29)30/h4-14,28H,3H2,1-2H3,(H,29,30). The van der Waals surface area contributed by atoms with E-state index in [0.29, 0.717) is 22.3 Å². The zero-order chi connectivity index (χ0) is 24.9. The molecule has 0 unspecified atom stereocenters. The van der Waals surface area contributed by atoms with Crippen molar-refractivity contribution < 1.29 is 33.0 Å². The largest absolute Gasteiger partial charge is 0.507 e. The van der Waals surface area contributed by atoms with Gasteiger partial charge in [-0.2, -0.15) is 10.2 Å². The summed E-state index contributed by atoms with van der Waals surface area (Å²) in [5, 5.41) is 26.5. The monoisotopic (exact) mass is 483 g/mol. The van der Waals surface area contributed by atoms with Crippen molar-refractivity contribution in [2.24, 2.45) is 10.2 Å². The van der Waals surface area contributed by atoms with Crippen molar-refractivity contribution in [3.8, 4) is 11.5 Å². The molecule has 1 amide bonds. The minimum absolute atomic E-state index is 0.131. The number of carbonyl (C=O) groups is 2. The number of hydrogen-bond acceptors (Lipinski definition) is 8. The van der Waals surface area contributed by atoms with Crippen LogP contribution in [-0.2, 0) is 14.8 Å². The first kappa shape index (κ1) is 24.4. The summed E-state index contributed by atoms with van der Waals surface area (Å²) in [6.07, 6.45) is 0. The van der Waals surface area contributed by atoms with E-state index in [-0.39, 0.29) is 21.8 Å². The summed E-state index contributed by atoms with van der Waals surface area (Å²) in [7, 11) is -4.20. The molecule has 2 N–H and O–H groups in total. The maximum Gasteiger partial charge on any atom is 0.339 e. The van der Waals surface area contributed by atoms with Crippen molar-refractivity contribution in [3.63, 3.8) is 0 Å². The third kappa shape index (κ3) is 5.38. The molecule has 0 radical (unpaired) electrons. The average molecular weight is 484 g/mol. The maximum atomic E-state index is 13.1. The van der Waals surface area contributed by atoms with Gasteiger partial charge in [0, 0.05) is 6.92 Å². The second kappa shape index (κ2) is 10.1. The summed E-state index contributed by atoms with van der Waals surface area (Å²) in [4.78, 5) is 23.2. The fraction of sp³-hybridized carbons (Fsp3) is 0.130. The summed E-state index contributed by atoms with van der Waals surface area (Å²) in [5.41, 5.74) is 0.322. The van der Waals surface area contributed by atoms with Gasteiger partial charge in [-0.25, -0.2) is 17.5 Å². The van der Waals surface area contributed by atoms with Gasteiger partial charge < -0.3 is 14.9 Å². The molecule has 3 rings (SSSR count). The number of azo groups is 1. The van der Waals surface area contributed by atoms with Crippen molar-refractivity contribution in [2.45, 2.75) is 18.7 Å². The minimum Gasteiger partial charge on any atom is -0.507 e. The van der Waals surface area contributed by atoms with Crippen LogP contribution in [0.25, 0.3) is 0 Å². The van der Waals surface area contributed by atoms with Gasteiger partial charge in [-0.1, -0.05) is 0 Å². The smallest absolute Gasteiger partial charge is 0.339 e. The lowest BCUT2D eigenvalue weighted by Gasteiger charge is -2.21. The van der Waals surface area contributed by atoms with Gasteiger partial charge in [0.2, 0.25) is 5.91 Å². The number of amides is 1. The minimum atomic E-state index is -4.20. The molecule has 0 saturated carbocycles. The molecule has 0 saturated heterocycles. The van der Waals surface area contributed by atoms with Crippen LogP contribution >= 0.6 is 0 Å². The zero-order valence-electron chi connectivity index (χ0n) is 18.2. The van der Waals surface area contributed by atoms with E-state index < -0.39 is 27.6 Å². The number of sulfonamides is 1. The predicted molar refractivity (Wildman–Crippen MR) is 124 cm³/mol. The Morgan fingerprint density at radius 3 is 2.09 bits per heavy atom. The third-order valence-corrected chi connectivity index (χ3v) is 6.35. The van der Waals surface area contributed by atoms with E-state index in [0.717, 1.165) is 13.0 Å². The highest BCUT2D eigenvalue weighted by Gasteiger charge is 2.28. The van der Waals surface area contributed by atoms with Crippen LogP contribution in [0.2, 0.25) is 0 Å². The molecule has 0 aliphatic heterocycles. The molecule has 0 bridgehead atoms. The average Bonchev–Trinajstić information content (AvgIpc) is 2.79. The molecular formula is C23H21N3O7S. The molecule has 0 aliphatic carbocycles.